The summed E-state index contributed by atoms with van der Waals surface area (Å²) in [5.41, 5.74) is 1.32. The fourth-order valence-electron chi connectivity index (χ4n) is 2.65. The Morgan fingerprint density at radius 3 is 2.59 bits per heavy atom. The number of nitrogens with one attached hydrogen (secondary N) is 1. The second-order valence-electron chi connectivity index (χ2n) is 5.23. The summed E-state index contributed by atoms with van der Waals surface area (Å²) in [4.78, 5) is 0. The lowest BCUT2D eigenvalue weighted by molar-refractivity contribution is 0.356. The quantitative estimate of drug-likeness (QED) is 0.786. The van der Waals surface area contributed by atoms with E-state index in [2.05, 4.69) is 24.4 Å². The molecular formula is C15H22ClN. The van der Waals surface area contributed by atoms with Crippen molar-refractivity contribution in [2.45, 2.75) is 51.6 Å². The molecule has 2 unspecified atom stereocenters. The molecule has 2 rings (SSSR count). The molecule has 2 atom stereocenters. The lowest BCUT2D eigenvalue weighted by atomic mass is 9.97. The van der Waals surface area contributed by atoms with Crippen LogP contribution in [0.15, 0.2) is 24.3 Å². The Hall–Kier alpha value is -0.530. The van der Waals surface area contributed by atoms with Crippen LogP contribution in [0.4, 0.5) is 0 Å². The molecule has 0 radical (unpaired) electrons. The molecule has 2 heteroatoms. The topological polar surface area (TPSA) is 12.0 Å². The van der Waals surface area contributed by atoms with Crippen LogP contribution in [0, 0.1) is 5.92 Å². The van der Waals surface area contributed by atoms with E-state index in [1.807, 2.05) is 12.1 Å². The molecule has 1 fully saturated rings. The summed E-state index contributed by atoms with van der Waals surface area (Å²) in [5.74, 6) is 0.810. The molecule has 1 aromatic carbocycles. The van der Waals surface area contributed by atoms with Gasteiger partial charge in [0, 0.05) is 17.6 Å². The number of hydrogen-bond acceptors (Lipinski definition) is 1. The third-order valence-corrected chi connectivity index (χ3v) is 4.10. The Morgan fingerprint density at radius 2 is 1.82 bits per heavy atom. The Bertz CT molecular complexity index is 333. The minimum Gasteiger partial charge on any atom is -0.310 e. The van der Waals surface area contributed by atoms with Gasteiger partial charge in [-0.25, -0.2) is 0 Å². The van der Waals surface area contributed by atoms with Crippen LogP contribution in [0.3, 0.4) is 0 Å². The van der Waals surface area contributed by atoms with Crippen molar-refractivity contribution in [3.8, 4) is 0 Å². The molecule has 1 nitrogen and oxygen atoms in total. The maximum absolute atomic E-state index is 5.88. The van der Waals surface area contributed by atoms with E-state index >= 15 is 0 Å². The summed E-state index contributed by atoms with van der Waals surface area (Å²) in [5, 5.41) is 4.52. The highest BCUT2D eigenvalue weighted by molar-refractivity contribution is 6.30. The smallest absolute Gasteiger partial charge is 0.0406 e. The summed E-state index contributed by atoms with van der Waals surface area (Å²) in [6.45, 7) is 3.34. The average molecular weight is 252 g/mol. The summed E-state index contributed by atoms with van der Waals surface area (Å²) >= 11 is 5.88. The van der Waals surface area contributed by atoms with Gasteiger partial charge in [-0.2, -0.15) is 0 Å². The molecule has 0 spiro atoms. The molecule has 0 aliphatic heterocycles. The van der Waals surface area contributed by atoms with Gasteiger partial charge in [0.05, 0.1) is 0 Å². The monoisotopic (exact) mass is 251 g/mol. The van der Waals surface area contributed by atoms with Crippen molar-refractivity contribution in [3.05, 3.63) is 34.9 Å². The van der Waals surface area contributed by atoms with E-state index in [1.54, 1.807) is 0 Å². The zero-order chi connectivity index (χ0) is 12.1. The fourth-order valence-corrected chi connectivity index (χ4v) is 2.77. The summed E-state index contributed by atoms with van der Waals surface area (Å²) < 4.78 is 0. The first-order chi connectivity index (χ1) is 8.25. The third kappa shape index (κ3) is 4.01. The van der Waals surface area contributed by atoms with Crippen molar-refractivity contribution in [1.82, 2.24) is 5.32 Å². The van der Waals surface area contributed by atoms with Crippen LogP contribution in [0.25, 0.3) is 0 Å². The van der Waals surface area contributed by atoms with Crippen LogP contribution in [0.2, 0.25) is 5.02 Å². The molecule has 0 heterocycles. The van der Waals surface area contributed by atoms with E-state index in [-0.39, 0.29) is 0 Å². The average Bonchev–Trinajstić information content (AvgIpc) is 2.54. The van der Waals surface area contributed by atoms with Gasteiger partial charge in [0.2, 0.25) is 0 Å². The van der Waals surface area contributed by atoms with E-state index in [1.165, 1.54) is 37.7 Å². The predicted molar refractivity (Wildman–Crippen MR) is 74.3 cm³/mol. The number of benzene rings is 1. The summed E-state index contributed by atoms with van der Waals surface area (Å²) in [7, 11) is 0. The minimum absolute atomic E-state index is 0.688. The normalized spacial score (nSPS) is 25.5. The number of rotatable bonds is 3. The molecule has 1 saturated carbocycles. The SMILES string of the molecule is CC1CCCCCC1NCc1ccc(Cl)cc1. The largest absolute Gasteiger partial charge is 0.310 e. The zero-order valence-electron chi connectivity index (χ0n) is 10.6. The third-order valence-electron chi connectivity index (χ3n) is 3.84. The highest BCUT2D eigenvalue weighted by atomic mass is 35.5. The highest BCUT2D eigenvalue weighted by Crippen LogP contribution is 2.23. The second kappa shape index (κ2) is 6.42. The maximum atomic E-state index is 5.88. The first-order valence-electron chi connectivity index (χ1n) is 6.73. The van der Waals surface area contributed by atoms with Crippen LogP contribution in [0.1, 0.15) is 44.6 Å². The van der Waals surface area contributed by atoms with Crippen molar-refractivity contribution >= 4 is 11.6 Å². The van der Waals surface area contributed by atoms with Crippen molar-refractivity contribution in [2.75, 3.05) is 0 Å². The zero-order valence-corrected chi connectivity index (χ0v) is 11.3. The Balaban J connectivity index is 1.85. The molecule has 1 N–H and O–H groups in total. The summed E-state index contributed by atoms with van der Waals surface area (Å²) in [6, 6.07) is 8.84. The first kappa shape index (κ1) is 12.9. The van der Waals surface area contributed by atoms with Crippen LogP contribution >= 0.6 is 11.6 Å². The molecule has 1 aliphatic carbocycles. The molecule has 94 valence electrons. The standard InChI is InChI=1S/C15H22ClN/c1-12-5-3-2-4-6-15(12)17-11-13-7-9-14(16)10-8-13/h7-10,12,15,17H,2-6,11H2,1H3. The second-order valence-corrected chi connectivity index (χ2v) is 5.67. The van der Waals surface area contributed by atoms with E-state index in [9.17, 15) is 0 Å². The van der Waals surface area contributed by atoms with Gasteiger partial charge in [-0.3, -0.25) is 0 Å². The lowest BCUT2D eigenvalue weighted by Gasteiger charge is -2.23. The molecule has 0 amide bonds. The van der Waals surface area contributed by atoms with Gasteiger partial charge in [0.1, 0.15) is 0 Å². The van der Waals surface area contributed by atoms with E-state index in [4.69, 9.17) is 11.6 Å². The van der Waals surface area contributed by atoms with E-state index in [0.717, 1.165) is 17.5 Å². The Kier molecular flexibility index (Phi) is 4.87. The van der Waals surface area contributed by atoms with Crippen LogP contribution in [-0.4, -0.2) is 6.04 Å². The molecular weight excluding hydrogens is 230 g/mol. The first-order valence-corrected chi connectivity index (χ1v) is 7.11. The minimum atomic E-state index is 0.688. The summed E-state index contributed by atoms with van der Waals surface area (Å²) in [6.07, 6.45) is 6.89. The molecule has 17 heavy (non-hydrogen) atoms. The van der Waals surface area contributed by atoms with E-state index < -0.39 is 0 Å². The van der Waals surface area contributed by atoms with Gasteiger partial charge in [0.15, 0.2) is 0 Å². The highest BCUT2D eigenvalue weighted by Gasteiger charge is 2.18. The number of hydrogen-bond donors (Lipinski definition) is 1. The van der Waals surface area contributed by atoms with Crippen molar-refractivity contribution in [3.63, 3.8) is 0 Å². The lowest BCUT2D eigenvalue weighted by Crippen LogP contribution is -2.33. The molecule has 0 saturated heterocycles. The van der Waals surface area contributed by atoms with Gasteiger partial charge < -0.3 is 5.32 Å². The van der Waals surface area contributed by atoms with Crippen LogP contribution in [0.5, 0.6) is 0 Å². The van der Waals surface area contributed by atoms with Gasteiger partial charge in [-0.05, 0) is 36.5 Å². The van der Waals surface area contributed by atoms with Crippen molar-refractivity contribution in [1.29, 1.82) is 0 Å². The predicted octanol–water partition coefficient (Wildman–Crippen LogP) is 4.40. The van der Waals surface area contributed by atoms with E-state index in [0.29, 0.717) is 6.04 Å². The Labute approximate surface area is 110 Å². The van der Waals surface area contributed by atoms with Crippen molar-refractivity contribution < 1.29 is 0 Å². The number of halogens is 1. The molecule has 0 aromatic heterocycles. The van der Waals surface area contributed by atoms with Crippen molar-refractivity contribution in [2.24, 2.45) is 5.92 Å². The molecule has 0 bridgehead atoms. The van der Waals surface area contributed by atoms with Gasteiger partial charge in [-0.15, -0.1) is 0 Å². The maximum Gasteiger partial charge on any atom is 0.0406 e. The Morgan fingerprint density at radius 1 is 1.12 bits per heavy atom. The van der Waals surface area contributed by atoms with Gasteiger partial charge in [-0.1, -0.05) is 49.9 Å². The van der Waals surface area contributed by atoms with Gasteiger partial charge >= 0.3 is 0 Å². The molecule has 1 aliphatic rings. The fraction of sp³-hybridized carbons (Fsp3) is 0.600. The van der Waals surface area contributed by atoms with Crippen LogP contribution in [-0.2, 0) is 6.54 Å². The molecule has 1 aromatic rings. The van der Waals surface area contributed by atoms with Crippen LogP contribution < -0.4 is 5.32 Å². The van der Waals surface area contributed by atoms with Gasteiger partial charge in [0.25, 0.3) is 0 Å².